The number of alkyl halides is 3. The molecule has 130 valence electrons. The van der Waals surface area contributed by atoms with Crippen molar-refractivity contribution in [3.05, 3.63) is 59.7 Å². The van der Waals surface area contributed by atoms with Crippen LogP contribution in [0.1, 0.15) is 11.1 Å². The quantitative estimate of drug-likeness (QED) is 0.903. The summed E-state index contributed by atoms with van der Waals surface area (Å²) in [6.45, 7) is 0.184. The first-order valence-electron chi connectivity index (χ1n) is 7.14. The number of hydrogen-bond acceptors (Lipinski definition) is 3. The standard InChI is InChI=1S/C17H14F3N3O2/c1-23(11-13-6-4-5-12(9-13)10-21)16(24)22-14-7-2-3-8-15(14)25-17(18,19)20/h2-9H,11H2,1H3,(H,22,24). The van der Waals surface area contributed by atoms with E-state index in [9.17, 15) is 18.0 Å². The van der Waals surface area contributed by atoms with Gasteiger partial charge in [0.05, 0.1) is 17.3 Å². The molecular formula is C17H14F3N3O2. The van der Waals surface area contributed by atoms with Gasteiger partial charge in [0.1, 0.15) is 0 Å². The maximum atomic E-state index is 12.4. The molecule has 0 saturated heterocycles. The van der Waals surface area contributed by atoms with Crippen LogP contribution in [0, 0.1) is 11.3 Å². The summed E-state index contributed by atoms with van der Waals surface area (Å²) < 4.78 is 41.1. The van der Waals surface area contributed by atoms with Gasteiger partial charge >= 0.3 is 12.4 Å². The van der Waals surface area contributed by atoms with Crippen molar-refractivity contribution in [3.63, 3.8) is 0 Å². The van der Waals surface area contributed by atoms with Gasteiger partial charge in [-0.1, -0.05) is 24.3 Å². The summed E-state index contributed by atoms with van der Waals surface area (Å²) in [6, 6.07) is 13.3. The Kier molecular flexibility index (Phi) is 5.49. The number of para-hydroxylation sites is 2. The summed E-state index contributed by atoms with van der Waals surface area (Å²) in [5.74, 6) is -0.497. The van der Waals surface area contributed by atoms with Crippen molar-refractivity contribution >= 4 is 11.7 Å². The summed E-state index contributed by atoms with van der Waals surface area (Å²) >= 11 is 0. The predicted octanol–water partition coefficient (Wildman–Crippen LogP) is 4.12. The Morgan fingerprint density at radius 3 is 2.64 bits per heavy atom. The molecule has 0 aromatic heterocycles. The van der Waals surface area contributed by atoms with E-state index >= 15 is 0 Å². The smallest absolute Gasteiger partial charge is 0.404 e. The number of carbonyl (C=O) groups is 1. The van der Waals surface area contributed by atoms with E-state index in [0.717, 1.165) is 11.6 Å². The number of rotatable bonds is 4. The third-order valence-corrected chi connectivity index (χ3v) is 3.18. The van der Waals surface area contributed by atoms with Crippen LogP contribution < -0.4 is 10.1 Å². The van der Waals surface area contributed by atoms with Gasteiger partial charge in [0.25, 0.3) is 0 Å². The van der Waals surface area contributed by atoms with Crippen molar-refractivity contribution in [2.45, 2.75) is 12.9 Å². The Balaban J connectivity index is 2.08. The van der Waals surface area contributed by atoms with E-state index in [4.69, 9.17) is 5.26 Å². The lowest BCUT2D eigenvalue weighted by Crippen LogP contribution is -2.31. The zero-order valence-corrected chi connectivity index (χ0v) is 13.2. The molecule has 2 amide bonds. The molecule has 0 atom stereocenters. The molecule has 0 bridgehead atoms. The van der Waals surface area contributed by atoms with Gasteiger partial charge in [-0.2, -0.15) is 5.26 Å². The van der Waals surface area contributed by atoms with Gasteiger partial charge in [-0.05, 0) is 29.8 Å². The fraction of sp³-hybridized carbons (Fsp3) is 0.176. The highest BCUT2D eigenvalue weighted by Crippen LogP contribution is 2.30. The van der Waals surface area contributed by atoms with Crippen LogP contribution in [-0.2, 0) is 6.54 Å². The molecule has 0 unspecified atom stereocenters. The molecule has 0 radical (unpaired) electrons. The molecule has 5 nitrogen and oxygen atoms in total. The van der Waals surface area contributed by atoms with E-state index in [0.29, 0.717) is 5.56 Å². The molecule has 0 saturated carbocycles. The van der Waals surface area contributed by atoms with Gasteiger partial charge in [0.15, 0.2) is 5.75 Å². The normalized spacial score (nSPS) is 10.7. The third-order valence-electron chi connectivity index (χ3n) is 3.18. The molecular weight excluding hydrogens is 335 g/mol. The van der Waals surface area contributed by atoms with E-state index < -0.39 is 18.1 Å². The third kappa shape index (κ3) is 5.42. The van der Waals surface area contributed by atoms with Crippen molar-refractivity contribution in [3.8, 4) is 11.8 Å². The van der Waals surface area contributed by atoms with Gasteiger partial charge < -0.3 is 15.0 Å². The van der Waals surface area contributed by atoms with Crippen molar-refractivity contribution in [2.24, 2.45) is 0 Å². The number of hydrogen-bond donors (Lipinski definition) is 1. The van der Waals surface area contributed by atoms with E-state index in [1.165, 1.54) is 30.1 Å². The minimum absolute atomic E-state index is 0.0950. The molecule has 0 aliphatic heterocycles. The van der Waals surface area contributed by atoms with Crippen LogP contribution in [0.3, 0.4) is 0 Å². The van der Waals surface area contributed by atoms with Crippen molar-refractivity contribution < 1.29 is 22.7 Å². The SMILES string of the molecule is CN(Cc1cccc(C#N)c1)C(=O)Nc1ccccc1OC(F)(F)F. The van der Waals surface area contributed by atoms with Gasteiger partial charge in [-0.25, -0.2) is 4.79 Å². The highest BCUT2D eigenvalue weighted by molar-refractivity contribution is 5.90. The van der Waals surface area contributed by atoms with Crippen molar-refractivity contribution in [1.82, 2.24) is 4.90 Å². The number of nitrogens with one attached hydrogen (secondary N) is 1. The lowest BCUT2D eigenvalue weighted by Gasteiger charge is -2.20. The number of nitriles is 1. The second-order valence-corrected chi connectivity index (χ2v) is 5.14. The molecule has 0 spiro atoms. The topological polar surface area (TPSA) is 65.4 Å². The zero-order valence-electron chi connectivity index (χ0n) is 13.2. The highest BCUT2D eigenvalue weighted by atomic mass is 19.4. The second kappa shape index (κ2) is 7.57. The number of amides is 2. The molecule has 0 fully saturated rings. The Morgan fingerprint density at radius 2 is 1.96 bits per heavy atom. The first kappa shape index (κ1) is 18.1. The number of anilines is 1. The van der Waals surface area contributed by atoms with E-state index in [1.54, 1.807) is 24.3 Å². The summed E-state index contributed by atoms with van der Waals surface area (Å²) in [7, 11) is 1.49. The monoisotopic (exact) mass is 349 g/mol. The van der Waals surface area contributed by atoms with E-state index in [-0.39, 0.29) is 12.2 Å². The molecule has 8 heteroatoms. The Morgan fingerprint density at radius 1 is 1.24 bits per heavy atom. The molecule has 1 N–H and O–H groups in total. The molecule has 2 aromatic rings. The number of halogens is 3. The minimum atomic E-state index is -4.86. The second-order valence-electron chi connectivity index (χ2n) is 5.14. The largest absolute Gasteiger partial charge is 0.573 e. The number of benzene rings is 2. The van der Waals surface area contributed by atoms with Gasteiger partial charge in [0.2, 0.25) is 0 Å². The number of urea groups is 1. The van der Waals surface area contributed by atoms with Crippen LogP contribution in [-0.4, -0.2) is 24.3 Å². The lowest BCUT2D eigenvalue weighted by atomic mass is 10.1. The number of ether oxygens (including phenoxy) is 1. The fourth-order valence-electron chi connectivity index (χ4n) is 2.08. The van der Waals surface area contributed by atoms with Crippen molar-refractivity contribution in [1.29, 1.82) is 5.26 Å². The number of nitrogens with zero attached hydrogens (tertiary/aromatic N) is 2. The van der Waals surface area contributed by atoms with Crippen molar-refractivity contribution in [2.75, 3.05) is 12.4 Å². The first-order valence-corrected chi connectivity index (χ1v) is 7.14. The van der Waals surface area contributed by atoms with E-state index in [2.05, 4.69) is 10.1 Å². The molecule has 0 aliphatic carbocycles. The summed E-state index contributed by atoms with van der Waals surface area (Å²) in [6.07, 6.45) is -4.86. The minimum Gasteiger partial charge on any atom is -0.404 e. The average Bonchev–Trinajstić information content (AvgIpc) is 2.55. The first-order chi connectivity index (χ1) is 11.8. The number of carbonyl (C=O) groups excluding carboxylic acids is 1. The van der Waals surface area contributed by atoms with Gasteiger partial charge in [0, 0.05) is 13.6 Å². The van der Waals surface area contributed by atoms with Crippen LogP contribution in [0.2, 0.25) is 0 Å². The summed E-state index contributed by atoms with van der Waals surface area (Å²) in [5, 5.41) is 11.3. The lowest BCUT2D eigenvalue weighted by molar-refractivity contribution is -0.274. The predicted molar refractivity (Wildman–Crippen MR) is 84.8 cm³/mol. The summed E-state index contributed by atoms with van der Waals surface area (Å²) in [4.78, 5) is 13.5. The molecule has 25 heavy (non-hydrogen) atoms. The highest BCUT2D eigenvalue weighted by Gasteiger charge is 2.32. The van der Waals surface area contributed by atoms with Crippen LogP contribution in [0.4, 0.5) is 23.7 Å². The summed E-state index contributed by atoms with van der Waals surface area (Å²) in [5.41, 5.74) is 1.08. The van der Waals surface area contributed by atoms with Crippen LogP contribution in [0.5, 0.6) is 5.75 Å². The van der Waals surface area contributed by atoms with Crippen LogP contribution >= 0.6 is 0 Å². The molecule has 0 heterocycles. The van der Waals surface area contributed by atoms with E-state index in [1.807, 2.05) is 6.07 Å². The van der Waals surface area contributed by atoms with Gasteiger partial charge in [-0.3, -0.25) is 0 Å². The molecule has 0 aliphatic rings. The van der Waals surface area contributed by atoms with Crippen LogP contribution in [0.25, 0.3) is 0 Å². The molecule has 2 rings (SSSR count). The molecule has 2 aromatic carbocycles. The van der Waals surface area contributed by atoms with Crippen LogP contribution in [0.15, 0.2) is 48.5 Å². The Bertz CT molecular complexity index is 800. The van der Waals surface area contributed by atoms with Gasteiger partial charge in [-0.15, -0.1) is 13.2 Å². The average molecular weight is 349 g/mol. The Labute approximate surface area is 142 Å². The zero-order chi connectivity index (χ0) is 18.4. The maximum Gasteiger partial charge on any atom is 0.573 e. The Hall–Kier alpha value is -3.21. The fourth-order valence-corrected chi connectivity index (χ4v) is 2.08. The maximum absolute atomic E-state index is 12.4.